The molecule has 0 aromatic heterocycles. The highest BCUT2D eigenvalue weighted by molar-refractivity contribution is 6.13. The maximum Gasteiger partial charge on any atom is 0.0737 e. The second kappa shape index (κ2) is 10.9. The van der Waals surface area contributed by atoms with Gasteiger partial charge >= 0.3 is 0 Å². The number of nitrogens with one attached hydrogen (secondary N) is 2. The molecule has 0 unspecified atom stereocenters. The maximum absolute atomic E-state index is 7.57. The van der Waals surface area contributed by atoms with E-state index in [0.717, 1.165) is 47.4 Å². The van der Waals surface area contributed by atoms with Crippen LogP contribution in [0.1, 0.15) is 49.8 Å². The Kier molecular flexibility index (Phi) is 8.17. The largest absolute Gasteiger partial charge is 0.308 e. The highest BCUT2D eigenvalue weighted by atomic mass is 15.3. The highest BCUT2D eigenvalue weighted by Gasteiger charge is 2.11. The van der Waals surface area contributed by atoms with Crippen molar-refractivity contribution in [2.24, 2.45) is 10.1 Å². The molecule has 0 fully saturated rings. The fourth-order valence-corrected chi connectivity index (χ4v) is 2.88. The molecule has 1 aliphatic heterocycles. The van der Waals surface area contributed by atoms with Crippen LogP contribution in [0.5, 0.6) is 0 Å². The van der Waals surface area contributed by atoms with Gasteiger partial charge in [-0.2, -0.15) is 5.10 Å². The molecule has 0 atom stereocenters. The van der Waals surface area contributed by atoms with E-state index < -0.39 is 0 Å². The van der Waals surface area contributed by atoms with Crippen molar-refractivity contribution >= 4 is 24.2 Å². The van der Waals surface area contributed by atoms with E-state index in [1.807, 2.05) is 30.5 Å². The molecule has 0 saturated heterocycles. The molecule has 0 aliphatic carbocycles. The van der Waals surface area contributed by atoms with Crippen molar-refractivity contribution in [3.05, 3.63) is 77.0 Å². The number of benzene rings is 1. The van der Waals surface area contributed by atoms with Crippen LogP contribution in [0.3, 0.4) is 0 Å². The molecule has 140 valence electrons. The quantitative estimate of drug-likeness (QED) is 0.638. The first-order valence-electron chi connectivity index (χ1n) is 9.36. The van der Waals surface area contributed by atoms with Crippen LogP contribution in [0.4, 0.5) is 0 Å². The molecule has 2 N–H and O–H groups in total. The van der Waals surface area contributed by atoms with Crippen molar-refractivity contribution in [3.63, 3.8) is 0 Å². The summed E-state index contributed by atoms with van der Waals surface area (Å²) in [7, 11) is 0. The van der Waals surface area contributed by atoms with E-state index in [0.29, 0.717) is 6.54 Å². The van der Waals surface area contributed by atoms with Gasteiger partial charge in [0.2, 0.25) is 0 Å². The standard InChI is InChI=1S/C23H28N4/c1-4-9-18(5-2)23(20-12-13-21(17-24)19(6-3)16-20)27-22-10-7-14-25-26-15-8-11-22/h5-7,10-13,15-17,24-25H,3-4,8-9,14H2,1-2H3/b10-7?,18-5+,22-11+,24-17?,26-15-,27-23-. The van der Waals surface area contributed by atoms with Crippen LogP contribution in [0, 0.1) is 5.41 Å². The molecule has 0 bridgehead atoms. The molecular formula is C23H28N4. The predicted molar refractivity (Wildman–Crippen MR) is 118 cm³/mol. The molecule has 1 aromatic rings. The Labute approximate surface area is 162 Å². The van der Waals surface area contributed by atoms with E-state index in [1.165, 1.54) is 11.8 Å². The van der Waals surface area contributed by atoms with E-state index >= 15 is 0 Å². The zero-order chi connectivity index (χ0) is 19.5. The van der Waals surface area contributed by atoms with E-state index in [2.05, 4.69) is 49.2 Å². The first-order valence-corrected chi connectivity index (χ1v) is 9.36. The van der Waals surface area contributed by atoms with Gasteiger partial charge in [-0.3, -0.25) is 0 Å². The summed E-state index contributed by atoms with van der Waals surface area (Å²) in [6.45, 7) is 8.80. The highest BCUT2D eigenvalue weighted by Crippen LogP contribution is 2.21. The van der Waals surface area contributed by atoms with Crippen LogP contribution in [0.2, 0.25) is 0 Å². The van der Waals surface area contributed by atoms with Crippen molar-refractivity contribution in [1.29, 1.82) is 5.41 Å². The fraction of sp³-hybridized carbons (Fsp3) is 0.261. The lowest BCUT2D eigenvalue weighted by Gasteiger charge is -2.13. The topological polar surface area (TPSA) is 60.6 Å². The number of hydrogen-bond donors (Lipinski definition) is 2. The number of allylic oxidation sites excluding steroid dienone is 4. The molecule has 1 heterocycles. The second-order valence-corrected chi connectivity index (χ2v) is 6.16. The summed E-state index contributed by atoms with van der Waals surface area (Å²) < 4.78 is 0. The van der Waals surface area contributed by atoms with E-state index in [-0.39, 0.29) is 0 Å². The van der Waals surface area contributed by atoms with Crippen molar-refractivity contribution in [1.82, 2.24) is 5.43 Å². The van der Waals surface area contributed by atoms with Crippen LogP contribution >= 0.6 is 0 Å². The van der Waals surface area contributed by atoms with Gasteiger partial charge in [-0.05, 0) is 42.2 Å². The molecule has 4 heteroatoms. The van der Waals surface area contributed by atoms with Gasteiger partial charge in [-0.25, -0.2) is 4.99 Å². The van der Waals surface area contributed by atoms with Crippen LogP contribution in [0.15, 0.2) is 70.4 Å². The van der Waals surface area contributed by atoms with Crippen molar-refractivity contribution in [2.75, 3.05) is 6.54 Å². The maximum atomic E-state index is 7.57. The monoisotopic (exact) mass is 360 g/mol. The van der Waals surface area contributed by atoms with Gasteiger partial charge in [0.1, 0.15) is 0 Å². The molecule has 0 radical (unpaired) electrons. The molecule has 27 heavy (non-hydrogen) atoms. The summed E-state index contributed by atoms with van der Waals surface area (Å²) in [5.41, 5.74) is 8.92. The van der Waals surface area contributed by atoms with Crippen LogP contribution in [-0.2, 0) is 0 Å². The van der Waals surface area contributed by atoms with E-state index in [1.54, 1.807) is 6.08 Å². The fourth-order valence-electron chi connectivity index (χ4n) is 2.88. The van der Waals surface area contributed by atoms with Crippen molar-refractivity contribution in [3.8, 4) is 0 Å². The number of rotatable bonds is 7. The first kappa shape index (κ1) is 20.3. The Morgan fingerprint density at radius 2 is 2.22 bits per heavy atom. The third kappa shape index (κ3) is 5.74. The average Bonchev–Trinajstić information content (AvgIpc) is 2.84. The SMILES string of the molecule is C=Cc1cc(C(=N\C2=C\C/C=N\NCC=C2)/C(=C/C)CCC)ccc1C=N. The van der Waals surface area contributed by atoms with Gasteiger partial charge in [0, 0.05) is 24.4 Å². The number of hydrogen-bond acceptors (Lipinski definition) is 4. The lowest BCUT2D eigenvalue weighted by Crippen LogP contribution is -2.07. The minimum Gasteiger partial charge on any atom is -0.308 e. The molecule has 2 rings (SSSR count). The summed E-state index contributed by atoms with van der Waals surface area (Å²) >= 11 is 0. The zero-order valence-corrected chi connectivity index (χ0v) is 16.2. The Hall–Kier alpha value is -3.01. The normalized spacial score (nSPS) is 18.4. The molecule has 1 aromatic carbocycles. The van der Waals surface area contributed by atoms with Crippen molar-refractivity contribution < 1.29 is 0 Å². The van der Waals surface area contributed by atoms with Crippen LogP contribution < -0.4 is 5.43 Å². The molecule has 4 nitrogen and oxygen atoms in total. The van der Waals surface area contributed by atoms with Crippen LogP contribution in [0.25, 0.3) is 6.08 Å². The van der Waals surface area contributed by atoms with Gasteiger partial charge in [-0.1, -0.05) is 56.4 Å². The third-order valence-corrected chi connectivity index (χ3v) is 4.26. The zero-order valence-electron chi connectivity index (χ0n) is 16.2. The average molecular weight is 361 g/mol. The summed E-state index contributed by atoms with van der Waals surface area (Å²) in [6, 6.07) is 6.06. The summed E-state index contributed by atoms with van der Waals surface area (Å²) in [5, 5.41) is 11.7. The Bertz CT molecular complexity index is 823. The van der Waals surface area contributed by atoms with Gasteiger partial charge in [0.05, 0.1) is 18.0 Å². The van der Waals surface area contributed by atoms with Crippen molar-refractivity contribution in [2.45, 2.75) is 33.1 Å². The molecule has 0 saturated carbocycles. The minimum atomic E-state index is 0.679. The summed E-state index contributed by atoms with van der Waals surface area (Å²) in [6.07, 6.45) is 16.0. The lowest BCUT2D eigenvalue weighted by atomic mass is 9.95. The molecular weight excluding hydrogens is 332 g/mol. The smallest absolute Gasteiger partial charge is 0.0737 e. The number of nitrogens with zero attached hydrogens (tertiary/aromatic N) is 2. The molecule has 1 aliphatic rings. The van der Waals surface area contributed by atoms with E-state index in [4.69, 9.17) is 10.4 Å². The second-order valence-electron chi connectivity index (χ2n) is 6.16. The van der Waals surface area contributed by atoms with Gasteiger partial charge < -0.3 is 10.8 Å². The van der Waals surface area contributed by atoms with E-state index in [9.17, 15) is 0 Å². The Morgan fingerprint density at radius 3 is 2.93 bits per heavy atom. The first-order chi connectivity index (χ1) is 13.2. The van der Waals surface area contributed by atoms with Crippen LogP contribution in [-0.4, -0.2) is 24.7 Å². The van der Waals surface area contributed by atoms with Gasteiger partial charge in [0.15, 0.2) is 0 Å². The number of aliphatic imine (C=N–C) groups is 1. The number of hydrazone groups is 1. The lowest BCUT2D eigenvalue weighted by molar-refractivity contribution is 0.829. The Balaban J connectivity index is 2.57. The van der Waals surface area contributed by atoms with Gasteiger partial charge in [-0.15, -0.1) is 0 Å². The Morgan fingerprint density at radius 1 is 1.37 bits per heavy atom. The summed E-state index contributed by atoms with van der Waals surface area (Å²) in [4.78, 5) is 5.01. The molecule has 0 amide bonds. The third-order valence-electron chi connectivity index (χ3n) is 4.26. The predicted octanol–water partition coefficient (Wildman–Crippen LogP) is 5.28. The molecule has 0 spiro atoms. The minimum absolute atomic E-state index is 0.679. The summed E-state index contributed by atoms with van der Waals surface area (Å²) in [5.74, 6) is 0. The van der Waals surface area contributed by atoms with Gasteiger partial charge in [0.25, 0.3) is 0 Å².